The summed E-state index contributed by atoms with van der Waals surface area (Å²) in [7, 11) is 0. The molecule has 4 heterocycles. The standard InChI is InChI=1S/C15H19N7S/c1-10-8-13(23-21-10)18-15-19-14(12-5-3-7-22(12)20-15)17-11-4-2-6-16-9-11/h3,5,7-8,11,16H,2,4,6,9H2,1H3,(H2,17,18,19,20). The molecule has 1 aliphatic heterocycles. The lowest BCUT2D eigenvalue weighted by atomic mass is 10.1. The van der Waals surface area contributed by atoms with Gasteiger partial charge in [-0.2, -0.15) is 9.36 Å². The number of anilines is 3. The molecule has 1 unspecified atom stereocenters. The predicted octanol–water partition coefficient (Wildman–Crippen LogP) is 2.40. The fourth-order valence-electron chi connectivity index (χ4n) is 2.79. The number of hydrogen-bond donors (Lipinski definition) is 3. The fourth-order valence-corrected chi connectivity index (χ4v) is 3.45. The summed E-state index contributed by atoms with van der Waals surface area (Å²) in [4.78, 5) is 4.67. The number of nitrogens with zero attached hydrogens (tertiary/aromatic N) is 4. The highest BCUT2D eigenvalue weighted by atomic mass is 32.1. The minimum atomic E-state index is 0.399. The Morgan fingerprint density at radius 1 is 1.43 bits per heavy atom. The van der Waals surface area contributed by atoms with Gasteiger partial charge in [0.05, 0.1) is 5.69 Å². The van der Waals surface area contributed by atoms with Gasteiger partial charge in [0, 0.05) is 18.8 Å². The number of rotatable bonds is 4. The van der Waals surface area contributed by atoms with Crippen molar-refractivity contribution in [3.63, 3.8) is 0 Å². The highest BCUT2D eigenvalue weighted by molar-refractivity contribution is 7.10. The maximum absolute atomic E-state index is 4.67. The molecule has 4 rings (SSSR count). The van der Waals surface area contributed by atoms with Crippen LogP contribution in [0.2, 0.25) is 0 Å². The predicted molar refractivity (Wildman–Crippen MR) is 92.6 cm³/mol. The van der Waals surface area contributed by atoms with E-state index in [2.05, 4.69) is 30.4 Å². The second-order valence-electron chi connectivity index (χ2n) is 5.77. The Morgan fingerprint density at radius 2 is 2.39 bits per heavy atom. The molecule has 0 aromatic carbocycles. The van der Waals surface area contributed by atoms with Crippen molar-refractivity contribution in [3.05, 3.63) is 30.1 Å². The van der Waals surface area contributed by atoms with Crippen molar-refractivity contribution in [1.82, 2.24) is 24.3 Å². The zero-order valence-corrected chi connectivity index (χ0v) is 13.7. The maximum Gasteiger partial charge on any atom is 0.248 e. The number of nitrogens with one attached hydrogen (secondary N) is 3. The quantitative estimate of drug-likeness (QED) is 0.682. The average Bonchev–Trinajstić information content (AvgIpc) is 3.17. The van der Waals surface area contributed by atoms with E-state index in [0.29, 0.717) is 12.0 Å². The molecule has 3 N–H and O–H groups in total. The number of hydrogen-bond acceptors (Lipinski definition) is 7. The van der Waals surface area contributed by atoms with Crippen LogP contribution in [0, 0.1) is 6.92 Å². The summed E-state index contributed by atoms with van der Waals surface area (Å²) in [6, 6.07) is 6.40. The van der Waals surface area contributed by atoms with E-state index in [0.717, 1.165) is 41.5 Å². The van der Waals surface area contributed by atoms with Crippen LogP contribution in [0.15, 0.2) is 24.4 Å². The number of piperidine rings is 1. The van der Waals surface area contributed by atoms with Crippen LogP contribution in [0.3, 0.4) is 0 Å². The van der Waals surface area contributed by atoms with E-state index >= 15 is 0 Å². The van der Waals surface area contributed by atoms with Crippen molar-refractivity contribution in [2.75, 3.05) is 23.7 Å². The lowest BCUT2D eigenvalue weighted by Crippen LogP contribution is -2.38. The SMILES string of the molecule is Cc1cc(Nc2nc(NC3CCCNC3)c3cccn3n2)sn1. The molecule has 120 valence electrons. The van der Waals surface area contributed by atoms with Gasteiger partial charge in [0.2, 0.25) is 5.95 Å². The van der Waals surface area contributed by atoms with Crippen molar-refractivity contribution < 1.29 is 0 Å². The van der Waals surface area contributed by atoms with Gasteiger partial charge >= 0.3 is 0 Å². The molecule has 0 bridgehead atoms. The minimum absolute atomic E-state index is 0.399. The molecule has 0 amide bonds. The van der Waals surface area contributed by atoms with Crippen molar-refractivity contribution in [2.45, 2.75) is 25.8 Å². The van der Waals surface area contributed by atoms with Gasteiger partial charge in [0.15, 0.2) is 5.82 Å². The Kier molecular flexibility index (Phi) is 3.84. The first-order valence-corrected chi connectivity index (χ1v) is 8.58. The molecule has 3 aromatic heterocycles. The monoisotopic (exact) mass is 329 g/mol. The van der Waals surface area contributed by atoms with Gasteiger partial charge in [-0.15, -0.1) is 5.10 Å². The Morgan fingerprint density at radius 3 is 3.17 bits per heavy atom. The van der Waals surface area contributed by atoms with Crippen LogP contribution >= 0.6 is 11.5 Å². The third-order valence-electron chi connectivity index (χ3n) is 3.89. The summed E-state index contributed by atoms with van der Waals surface area (Å²) in [5.74, 6) is 1.44. The molecular formula is C15H19N7S. The third-order valence-corrected chi connectivity index (χ3v) is 4.69. The molecule has 0 saturated carbocycles. The molecular weight excluding hydrogens is 310 g/mol. The third kappa shape index (κ3) is 3.13. The molecule has 1 saturated heterocycles. The summed E-state index contributed by atoms with van der Waals surface area (Å²) >= 11 is 1.41. The number of aryl methyl sites for hydroxylation is 1. The molecule has 0 spiro atoms. The van der Waals surface area contributed by atoms with E-state index < -0.39 is 0 Å². The van der Waals surface area contributed by atoms with E-state index in [1.165, 1.54) is 18.0 Å². The molecule has 8 heteroatoms. The first-order chi connectivity index (χ1) is 11.3. The van der Waals surface area contributed by atoms with Crippen molar-refractivity contribution in [1.29, 1.82) is 0 Å². The summed E-state index contributed by atoms with van der Waals surface area (Å²) in [5.41, 5.74) is 1.98. The largest absolute Gasteiger partial charge is 0.364 e. The molecule has 1 atom stereocenters. The van der Waals surface area contributed by atoms with Gasteiger partial charge in [-0.3, -0.25) is 0 Å². The van der Waals surface area contributed by atoms with Crippen LogP contribution < -0.4 is 16.0 Å². The second-order valence-corrected chi connectivity index (χ2v) is 6.57. The maximum atomic E-state index is 4.67. The van der Waals surface area contributed by atoms with E-state index in [9.17, 15) is 0 Å². The van der Waals surface area contributed by atoms with Gasteiger partial charge in [0.1, 0.15) is 10.5 Å². The molecule has 1 fully saturated rings. The molecule has 1 aliphatic rings. The molecule has 7 nitrogen and oxygen atoms in total. The first-order valence-electron chi connectivity index (χ1n) is 7.81. The highest BCUT2D eigenvalue weighted by Crippen LogP contribution is 2.23. The molecule has 0 aliphatic carbocycles. The Labute approximate surface area is 138 Å². The zero-order valence-electron chi connectivity index (χ0n) is 12.9. The number of aromatic nitrogens is 4. The Balaban J connectivity index is 1.63. The molecule has 23 heavy (non-hydrogen) atoms. The average molecular weight is 329 g/mol. The second kappa shape index (κ2) is 6.13. The van der Waals surface area contributed by atoms with Crippen LogP contribution in [-0.4, -0.2) is 38.1 Å². The van der Waals surface area contributed by atoms with Crippen molar-refractivity contribution in [2.24, 2.45) is 0 Å². The molecule has 0 radical (unpaired) electrons. The summed E-state index contributed by atoms with van der Waals surface area (Å²) in [6.07, 6.45) is 4.27. The zero-order chi connectivity index (χ0) is 15.6. The lowest BCUT2D eigenvalue weighted by molar-refractivity contribution is 0.479. The van der Waals surface area contributed by atoms with Crippen LogP contribution in [0.1, 0.15) is 18.5 Å². The summed E-state index contributed by atoms with van der Waals surface area (Å²) in [5, 5.41) is 15.7. The van der Waals surface area contributed by atoms with Crippen molar-refractivity contribution >= 4 is 33.8 Å². The normalized spacial score (nSPS) is 18.2. The van der Waals surface area contributed by atoms with E-state index in [-0.39, 0.29) is 0 Å². The van der Waals surface area contributed by atoms with Crippen LogP contribution in [0.25, 0.3) is 5.52 Å². The number of fused-ring (bicyclic) bond motifs is 1. The molecule has 3 aromatic rings. The highest BCUT2D eigenvalue weighted by Gasteiger charge is 2.16. The van der Waals surface area contributed by atoms with Gasteiger partial charge in [-0.1, -0.05) is 0 Å². The summed E-state index contributed by atoms with van der Waals surface area (Å²) in [6.45, 7) is 4.04. The van der Waals surface area contributed by atoms with Crippen LogP contribution in [-0.2, 0) is 0 Å². The van der Waals surface area contributed by atoms with Crippen molar-refractivity contribution in [3.8, 4) is 0 Å². The van der Waals surface area contributed by atoms with Gasteiger partial charge in [-0.25, -0.2) is 4.52 Å². The van der Waals surface area contributed by atoms with E-state index in [4.69, 9.17) is 0 Å². The van der Waals surface area contributed by atoms with E-state index in [1.54, 1.807) is 0 Å². The first kappa shape index (κ1) is 14.4. The van der Waals surface area contributed by atoms with Gasteiger partial charge < -0.3 is 16.0 Å². The van der Waals surface area contributed by atoms with Crippen LogP contribution in [0.4, 0.5) is 16.8 Å². The fraction of sp³-hybridized carbons (Fsp3) is 0.400. The Bertz CT molecular complexity index is 803. The van der Waals surface area contributed by atoms with E-state index in [1.807, 2.05) is 35.8 Å². The topological polar surface area (TPSA) is 79.2 Å². The smallest absolute Gasteiger partial charge is 0.248 e. The van der Waals surface area contributed by atoms with Gasteiger partial charge in [-0.05, 0) is 56.0 Å². The minimum Gasteiger partial charge on any atom is -0.364 e. The Hall–Kier alpha value is -2.19. The lowest BCUT2D eigenvalue weighted by Gasteiger charge is -2.24. The van der Waals surface area contributed by atoms with Gasteiger partial charge in [0.25, 0.3) is 0 Å². The van der Waals surface area contributed by atoms with Crippen LogP contribution in [0.5, 0.6) is 0 Å². The summed E-state index contributed by atoms with van der Waals surface area (Å²) < 4.78 is 6.12.